The van der Waals surface area contributed by atoms with Crippen molar-refractivity contribution < 1.29 is 9.53 Å². The lowest BCUT2D eigenvalue weighted by Gasteiger charge is -2.04. The summed E-state index contributed by atoms with van der Waals surface area (Å²) in [7, 11) is 0. The Morgan fingerprint density at radius 2 is 2.06 bits per heavy atom. The lowest BCUT2D eigenvalue weighted by molar-refractivity contribution is 0.0526. The average molecular weight is 265 g/mol. The number of aromatic nitrogens is 2. The predicted molar refractivity (Wildman–Crippen MR) is 69.7 cm³/mol. The predicted octanol–water partition coefficient (Wildman–Crippen LogP) is 3.22. The van der Waals surface area contributed by atoms with Crippen LogP contribution in [0.2, 0.25) is 5.02 Å². The molecular formula is C13H13ClN2O2. The Morgan fingerprint density at radius 1 is 1.39 bits per heavy atom. The summed E-state index contributed by atoms with van der Waals surface area (Å²) in [6.07, 6.45) is 0. The average Bonchev–Trinajstić information content (AvgIpc) is 2.72. The zero-order chi connectivity index (χ0) is 13.1. The number of hydrogen-bond donors (Lipinski definition) is 1. The summed E-state index contributed by atoms with van der Waals surface area (Å²) in [5, 5.41) is 7.60. The van der Waals surface area contributed by atoms with Crippen molar-refractivity contribution in [3.8, 4) is 11.3 Å². The van der Waals surface area contributed by atoms with E-state index in [1.165, 1.54) is 0 Å². The van der Waals surface area contributed by atoms with E-state index in [1.54, 1.807) is 26.0 Å². The van der Waals surface area contributed by atoms with Gasteiger partial charge in [0.1, 0.15) is 11.3 Å². The first-order valence-corrected chi connectivity index (χ1v) is 5.99. The van der Waals surface area contributed by atoms with Gasteiger partial charge >= 0.3 is 5.97 Å². The highest BCUT2D eigenvalue weighted by atomic mass is 35.5. The second kappa shape index (κ2) is 5.23. The molecule has 1 heterocycles. The minimum Gasteiger partial charge on any atom is -0.462 e. The van der Waals surface area contributed by atoms with Crippen LogP contribution in [-0.2, 0) is 4.74 Å². The monoisotopic (exact) mass is 264 g/mol. The van der Waals surface area contributed by atoms with Crippen molar-refractivity contribution in [2.75, 3.05) is 6.61 Å². The highest BCUT2D eigenvalue weighted by Gasteiger charge is 2.20. The van der Waals surface area contributed by atoms with Crippen LogP contribution in [0.15, 0.2) is 24.3 Å². The molecule has 2 rings (SSSR count). The van der Waals surface area contributed by atoms with Gasteiger partial charge in [0.05, 0.1) is 6.61 Å². The van der Waals surface area contributed by atoms with Crippen molar-refractivity contribution in [1.29, 1.82) is 0 Å². The van der Waals surface area contributed by atoms with Crippen LogP contribution >= 0.6 is 11.6 Å². The number of H-pyrrole nitrogens is 1. The normalized spacial score (nSPS) is 10.4. The number of aryl methyl sites for hydroxylation is 1. The molecule has 1 aromatic heterocycles. The molecule has 94 valence electrons. The molecule has 0 aliphatic carbocycles. The van der Waals surface area contributed by atoms with Crippen LogP contribution in [0.1, 0.15) is 23.0 Å². The van der Waals surface area contributed by atoms with Crippen LogP contribution in [0.25, 0.3) is 11.3 Å². The van der Waals surface area contributed by atoms with Crippen LogP contribution in [0.5, 0.6) is 0 Å². The quantitative estimate of drug-likeness (QED) is 0.866. The number of hydrogen-bond acceptors (Lipinski definition) is 3. The second-order valence-corrected chi connectivity index (χ2v) is 4.24. The number of nitrogens with one attached hydrogen (secondary N) is 1. The van der Waals surface area contributed by atoms with Gasteiger partial charge in [-0.3, -0.25) is 5.10 Å². The molecule has 5 heteroatoms. The van der Waals surface area contributed by atoms with Crippen molar-refractivity contribution >= 4 is 17.6 Å². The standard InChI is InChI=1S/C13H13ClN2O2/c1-3-18-13(17)11-8(2)15-16-12(11)9-4-6-10(14)7-5-9/h4-7H,3H2,1-2H3,(H,15,16). The Kier molecular flexibility index (Phi) is 3.67. The van der Waals surface area contributed by atoms with E-state index in [-0.39, 0.29) is 5.97 Å². The molecule has 2 aromatic rings. The first-order chi connectivity index (χ1) is 8.63. The minimum absolute atomic E-state index is 0.337. The van der Waals surface area contributed by atoms with E-state index in [0.717, 1.165) is 5.56 Å². The molecule has 0 saturated carbocycles. The van der Waals surface area contributed by atoms with Crippen LogP contribution in [0.4, 0.5) is 0 Å². The SMILES string of the molecule is CCOC(=O)c1c(-c2ccc(Cl)cc2)n[nH]c1C. The van der Waals surface area contributed by atoms with Gasteiger partial charge in [-0.1, -0.05) is 23.7 Å². The molecule has 1 aromatic carbocycles. The van der Waals surface area contributed by atoms with Crippen molar-refractivity contribution in [3.05, 3.63) is 40.5 Å². The maximum Gasteiger partial charge on any atom is 0.342 e. The molecule has 0 aliphatic heterocycles. The van der Waals surface area contributed by atoms with E-state index in [0.29, 0.717) is 28.6 Å². The maximum absolute atomic E-state index is 11.9. The topological polar surface area (TPSA) is 55.0 Å². The molecule has 0 unspecified atom stereocenters. The van der Waals surface area contributed by atoms with E-state index in [1.807, 2.05) is 12.1 Å². The number of rotatable bonds is 3. The number of halogens is 1. The Labute approximate surface area is 110 Å². The number of carbonyl (C=O) groups is 1. The number of ether oxygens (including phenoxy) is 1. The zero-order valence-electron chi connectivity index (χ0n) is 10.2. The zero-order valence-corrected chi connectivity index (χ0v) is 10.9. The molecule has 0 fully saturated rings. The molecule has 18 heavy (non-hydrogen) atoms. The summed E-state index contributed by atoms with van der Waals surface area (Å²) in [6, 6.07) is 7.16. The maximum atomic E-state index is 11.9. The summed E-state index contributed by atoms with van der Waals surface area (Å²) in [5.74, 6) is -0.367. The third-order valence-corrected chi connectivity index (χ3v) is 2.80. The first-order valence-electron chi connectivity index (χ1n) is 5.61. The number of nitrogens with zero attached hydrogens (tertiary/aromatic N) is 1. The molecule has 0 aliphatic rings. The summed E-state index contributed by atoms with van der Waals surface area (Å²) in [6.45, 7) is 3.90. The second-order valence-electron chi connectivity index (χ2n) is 3.80. The van der Waals surface area contributed by atoms with E-state index < -0.39 is 0 Å². The molecule has 0 radical (unpaired) electrons. The molecule has 0 saturated heterocycles. The fourth-order valence-corrected chi connectivity index (χ4v) is 1.82. The van der Waals surface area contributed by atoms with Gasteiger partial charge in [0.2, 0.25) is 0 Å². The van der Waals surface area contributed by atoms with Crippen molar-refractivity contribution in [2.24, 2.45) is 0 Å². The fraction of sp³-hybridized carbons (Fsp3) is 0.231. The van der Waals surface area contributed by atoms with Gasteiger partial charge in [-0.05, 0) is 26.0 Å². The van der Waals surface area contributed by atoms with Gasteiger partial charge in [-0.15, -0.1) is 0 Å². The molecule has 4 nitrogen and oxygen atoms in total. The summed E-state index contributed by atoms with van der Waals surface area (Å²) < 4.78 is 5.03. The number of aromatic amines is 1. The third-order valence-electron chi connectivity index (χ3n) is 2.54. The van der Waals surface area contributed by atoms with Gasteiger partial charge in [-0.25, -0.2) is 4.79 Å². The first kappa shape index (κ1) is 12.6. The van der Waals surface area contributed by atoms with Crippen LogP contribution in [0.3, 0.4) is 0 Å². The Bertz CT molecular complexity index is 561. The number of esters is 1. The van der Waals surface area contributed by atoms with Gasteiger partial charge < -0.3 is 4.74 Å². The molecule has 0 spiro atoms. The smallest absolute Gasteiger partial charge is 0.342 e. The van der Waals surface area contributed by atoms with Crippen molar-refractivity contribution in [2.45, 2.75) is 13.8 Å². The van der Waals surface area contributed by atoms with Crippen LogP contribution in [-0.4, -0.2) is 22.8 Å². The molecule has 0 bridgehead atoms. The molecule has 0 amide bonds. The summed E-state index contributed by atoms with van der Waals surface area (Å²) in [4.78, 5) is 11.9. The lowest BCUT2D eigenvalue weighted by Crippen LogP contribution is -2.06. The van der Waals surface area contributed by atoms with E-state index in [9.17, 15) is 4.79 Å². The molecular weight excluding hydrogens is 252 g/mol. The van der Waals surface area contributed by atoms with Gasteiger partial charge in [0.15, 0.2) is 0 Å². The van der Waals surface area contributed by atoms with E-state index in [2.05, 4.69) is 10.2 Å². The Morgan fingerprint density at radius 3 is 2.67 bits per heavy atom. The molecule has 1 N–H and O–H groups in total. The van der Waals surface area contributed by atoms with Gasteiger partial charge in [0, 0.05) is 16.3 Å². The lowest BCUT2D eigenvalue weighted by atomic mass is 10.1. The van der Waals surface area contributed by atoms with Gasteiger partial charge in [-0.2, -0.15) is 5.10 Å². The number of carbonyl (C=O) groups excluding carboxylic acids is 1. The van der Waals surface area contributed by atoms with E-state index >= 15 is 0 Å². The summed E-state index contributed by atoms with van der Waals surface area (Å²) >= 11 is 5.84. The third kappa shape index (κ3) is 2.38. The Hall–Kier alpha value is -1.81. The van der Waals surface area contributed by atoms with Crippen molar-refractivity contribution in [1.82, 2.24) is 10.2 Å². The molecule has 0 atom stereocenters. The van der Waals surface area contributed by atoms with Crippen LogP contribution in [0, 0.1) is 6.92 Å². The Balaban J connectivity index is 2.45. The highest BCUT2D eigenvalue weighted by Crippen LogP contribution is 2.25. The highest BCUT2D eigenvalue weighted by molar-refractivity contribution is 6.30. The van der Waals surface area contributed by atoms with Gasteiger partial charge in [0.25, 0.3) is 0 Å². The minimum atomic E-state index is -0.367. The largest absolute Gasteiger partial charge is 0.462 e. The summed E-state index contributed by atoms with van der Waals surface area (Å²) in [5.41, 5.74) is 2.58. The fourth-order valence-electron chi connectivity index (χ4n) is 1.70. The van der Waals surface area contributed by atoms with Crippen molar-refractivity contribution in [3.63, 3.8) is 0 Å². The number of benzene rings is 1. The van der Waals surface area contributed by atoms with Crippen LogP contribution < -0.4 is 0 Å². The van der Waals surface area contributed by atoms with E-state index in [4.69, 9.17) is 16.3 Å².